The fourth-order valence-corrected chi connectivity index (χ4v) is 1.41. The highest BCUT2D eigenvalue weighted by molar-refractivity contribution is 5.65. The Bertz CT molecular complexity index is 368. The Hall–Kier alpha value is -1.62. The SMILES string of the molecule is C[C@H](NC(=O)O)c1cccc(F)c1CO. The van der Waals surface area contributed by atoms with Crippen LogP contribution in [-0.4, -0.2) is 16.3 Å². The third kappa shape index (κ3) is 2.66. The van der Waals surface area contributed by atoms with E-state index in [0.717, 1.165) is 0 Å². The topological polar surface area (TPSA) is 69.6 Å². The molecule has 0 fully saturated rings. The van der Waals surface area contributed by atoms with Crippen LogP contribution in [0.15, 0.2) is 18.2 Å². The molecule has 0 radical (unpaired) electrons. The molecular formula is C10H12FNO3. The molecule has 0 aliphatic carbocycles. The first-order valence-electron chi connectivity index (χ1n) is 4.44. The van der Waals surface area contributed by atoms with Crippen LogP contribution >= 0.6 is 0 Å². The Labute approximate surface area is 86.4 Å². The minimum atomic E-state index is -1.18. The average Bonchev–Trinajstić information content (AvgIpc) is 2.16. The minimum absolute atomic E-state index is 0.124. The summed E-state index contributed by atoms with van der Waals surface area (Å²) in [4.78, 5) is 10.4. The van der Waals surface area contributed by atoms with Crippen molar-refractivity contribution in [1.82, 2.24) is 5.32 Å². The number of hydrogen-bond acceptors (Lipinski definition) is 2. The molecular weight excluding hydrogens is 201 g/mol. The van der Waals surface area contributed by atoms with Gasteiger partial charge in [0.05, 0.1) is 12.6 Å². The fourth-order valence-electron chi connectivity index (χ4n) is 1.41. The monoisotopic (exact) mass is 213 g/mol. The van der Waals surface area contributed by atoms with Gasteiger partial charge in [-0.1, -0.05) is 12.1 Å². The van der Waals surface area contributed by atoms with Gasteiger partial charge in [0.15, 0.2) is 0 Å². The molecule has 15 heavy (non-hydrogen) atoms. The number of benzene rings is 1. The normalized spacial score (nSPS) is 12.2. The van der Waals surface area contributed by atoms with E-state index in [1.54, 1.807) is 13.0 Å². The van der Waals surface area contributed by atoms with E-state index in [1.165, 1.54) is 12.1 Å². The van der Waals surface area contributed by atoms with E-state index < -0.39 is 24.6 Å². The second-order valence-corrected chi connectivity index (χ2v) is 3.14. The largest absolute Gasteiger partial charge is 0.465 e. The van der Waals surface area contributed by atoms with Gasteiger partial charge in [0.25, 0.3) is 0 Å². The highest BCUT2D eigenvalue weighted by atomic mass is 19.1. The molecule has 1 amide bonds. The number of amides is 1. The van der Waals surface area contributed by atoms with Crippen molar-refractivity contribution in [3.05, 3.63) is 35.1 Å². The number of nitrogens with one attached hydrogen (secondary N) is 1. The zero-order valence-corrected chi connectivity index (χ0v) is 8.20. The van der Waals surface area contributed by atoms with Crippen LogP contribution in [0.25, 0.3) is 0 Å². The molecule has 5 heteroatoms. The Kier molecular flexibility index (Phi) is 3.62. The maximum absolute atomic E-state index is 13.2. The van der Waals surface area contributed by atoms with Crippen molar-refractivity contribution < 1.29 is 19.4 Å². The Balaban J connectivity index is 3.02. The van der Waals surface area contributed by atoms with Crippen molar-refractivity contribution >= 4 is 6.09 Å². The highest BCUT2D eigenvalue weighted by Gasteiger charge is 2.14. The van der Waals surface area contributed by atoms with Crippen molar-refractivity contribution in [3.8, 4) is 0 Å². The van der Waals surface area contributed by atoms with Gasteiger partial charge in [0, 0.05) is 5.56 Å². The van der Waals surface area contributed by atoms with Crippen LogP contribution in [0.3, 0.4) is 0 Å². The molecule has 0 saturated carbocycles. The van der Waals surface area contributed by atoms with Crippen molar-refractivity contribution in [1.29, 1.82) is 0 Å². The Morgan fingerprint density at radius 3 is 2.80 bits per heavy atom. The van der Waals surface area contributed by atoms with Gasteiger partial charge >= 0.3 is 6.09 Å². The van der Waals surface area contributed by atoms with Crippen molar-refractivity contribution in [3.63, 3.8) is 0 Å². The molecule has 0 aromatic heterocycles. The van der Waals surface area contributed by atoms with E-state index in [-0.39, 0.29) is 5.56 Å². The molecule has 1 atom stereocenters. The zero-order chi connectivity index (χ0) is 11.4. The van der Waals surface area contributed by atoms with E-state index in [1.807, 2.05) is 0 Å². The van der Waals surface area contributed by atoms with Gasteiger partial charge in [-0.3, -0.25) is 0 Å². The second kappa shape index (κ2) is 4.75. The Morgan fingerprint density at radius 1 is 1.60 bits per heavy atom. The number of carbonyl (C=O) groups is 1. The number of hydrogen-bond donors (Lipinski definition) is 3. The maximum atomic E-state index is 13.2. The van der Waals surface area contributed by atoms with Gasteiger partial charge in [0.2, 0.25) is 0 Å². The predicted octanol–water partition coefficient (Wildman–Crippen LogP) is 1.65. The molecule has 3 N–H and O–H groups in total. The van der Waals surface area contributed by atoms with Gasteiger partial charge in [0.1, 0.15) is 5.82 Å². The standard InChI is InChI=1S/C10H12FNO3/c1-6(12-10(14)15)7-3-2-4-9(11)8(7)5-13/h2-4,6,12-13H,5H2,1H3,(H,14,15)/t6-/m0/s1. The summed E-state index contributed by atoms with van der Waals surface area (Å²) in [6.45, 7) is 1.13. The maximum Gasteiger partial charge on any atom is 0.405 e. The van der Waals surface area contributed by atoms with E-state index >= 15 is 0 Å². The van der Waals surface area contributed by atoms with Crippen LogP contribution in [0.1, 0.15) is 24.1 Å². The lowest BCUT2D eigenvalue weighted by molar-refractivity contribution is 0.190. The summed E-state index contributed by atoms with van der Waals surface area (Å²) in [5.41, 5.74) is 0.568. The molecule has 0 aliphatic rings. The van der Waals surface area contributed by atoms with Gasteiger partial charge in [-0.25, -0.2) is 9.18 Å². The van der Waals surface area contributed by atoms with Crippen molar-refractivity contribution in [2.24, 2.45) is 0 Å². The third-order valence-corrected chi connectivity index (χ3v) is 2.12. The lowest BCUT2D eigenvalue weighted by Crippen LogP contribution is -2.25. The quantitative estimate of drug-likeness (QED) is 0.715. The van der Waals surface area contributed by atoms with Gasteiger partial charge in [-0.2, -0.15) is 0 Å². The van der Waals surface area contributed by atoms with E-state index in [0.29, 0.717) is 5.56 Å². The van der Waals surface area contributed by atoms with Crippen LogP contribution in [0.2, 0.25) is 0 Å². The van der Waals surface area contributed by atoms with Gasteiger partial charge in [-0.05, 0) is 18.6 Å². The van der Waals surface area contributed by atoms with Crippen LogP contribution in [-0.2, 0) is 6.61 Å². The van der Waals surface area contributed by atoms with E-state index in [2.05, 4.69) is 5.32 Å². The van der Waals surface area contributed by atoms with Crippen LogP contribution < -0.4 is 5.32 Å². The van der Waals surface area contributed by atoms with Gasteiger partial charge in [-0.15, -0.1) is 0 Å². The van der Waals surface area contributed by atoms with Crippen LogP contribution in [0, 0.1) is 5.82 Å². The highest BCUT2D eigenvalue weighted by Crippen LogP contribution is 2.20. The first-order chi connectivity index (χ1) is 7.06. The van der Waals surface area contributed by atoms with Crippen LogP contribution in [0.5, 0.6) is 0 Å². The number of aliphatic hydroxyl groups is 1. The lowest BCUT2D eigenvalue weighted by Gasteiger charge is -2.15. The number of halogens is 1. The summed E-state index contributed by atoms with van der Waals surface area (Å²) >= 11 is 0. The van der Waals surface area contributed by atoms with Crippen molar-refractivity contribution in [2.45, 2.75) is 19.6 Å². The molecule has 82 valence electrons. The molecule has 0 unspecified atom stereocenters. The minimum Gasteiger partial charge on any atom is -0.465 e. The Morgan fingerprint density at radius 2 is 2.27 bits per heavy atom. The molecule has 1 aromatic carbocycles. The first kappa shape index (κ1) is 11.5. The average molecular weight is 213 g/mol. The summed E-state index contributed by atoms with van der Waals surface area (Å²) in [7, 11) is 0. The summed E-state index contributed by atoms with van der Waals surface area (Å²) in [5.74, 6) is -0.533. The van der Waals surface area contributed by atoms with Crippen molar-refractivity contribution in [2.75, 3.05) is 0 Å². The molecule has 1 rings (SSSR count). The summed E-state index contributed by atoms with van der Waals surface area (Å²) in [6, 6.07) is 3.72. The first-order valence-corrected chi connectivity index (χ1v) is 4.44. The smallest absolute Gasteiger partial charge is 0.405 e. The molecule has 4 nitrogen and oxygen atoms in total. The second-order valence-electron chi connectivity index (χ2n) is 3.14. The van der Waals surface area contributed by atoms with Crippen LogP contribution in [0.4, 0.5) is 9.18 Å². The lowest BCUT2D eigenvalue weighted by atomic mass is 10.0. The summed E-state index contributed by atoms with van der Waals surface area (Å²) in [5, 5.41) is 19.7. The zero-order valence-electron chi connectivity index (χ0n) is 8.20. The third-order valence-electron chi connectivity index (χ3n) is 2.12. The summed E-state index contributed by atoms with van der Waals surface area (Å²) < 4.78 is 13.2. The van der Waals surface area contributed by atoms with E-state index in [9.17, 15) is 9.18 Å². The molecule has 1 aromatic rings. The summed E-state index contributed by atoms with van der Waals surface area (Å²) in [6.07, 6.45) is -1.18. The van der Waals surface area contributed by atoms with E-state index in [4.69, 9.17) is 10.2 Å². The molecule has 0 saturated heterocycles. The fraction of sp³-hybridized carbons (Fsp3) is 0.300. The molecule has 0 aliphatic heterocycles. The molecule has 0 spiro atoms. The molecule has 0 bridgehead atoms. The van der Waals surface area contributed by atoms with Gasteiger partial charge < -0.3 is 15.5 Å². The number of aliphatic hydroxyl groups excluding tert-OH is 1. The molecule has 0 heterocycles. The predicted molar refractivity (Wildman–Crippen MR) is 51.9 cm³/mol. The number of carboxylic acid groups (broad SMARTS) is 1. The number of rotatable bonds is 3.